The summed E-state index contributed by atoms with van der Waals surface area (Å²) < 4.78 is 5.93. The van der Waals surface area contributed by atoms with Crippen LogP contribution < -0.4 is 5.32 Å². The Morgan fingerprint density at radius 2 is 2.31 bits per heavy atom. The summed E-state index contributed by atoms with van der Waals surface area (Å²) in [4.78, 5) is 2.83. The zero-order chi connectivity index (χ0) is 11.4. The van der Waals surface area contributed by atoms with Gasteiger partial charge in [-0.05, 0) is 31.4 Å². The minimum atomic E-state index is 0.266. The first-order valence-corrected chi connectivity index (χ1v) is 7.08. The third kappa shape index (κ3) is 2.84. The summed E-state index contributed by atoms with van der Waals surface area (Å²) in [7, 11) is 0. The molecule has 1 aromatic rings. The molecule has 1 aromatic heterocycles. The van der Waals surface area contributed by atoms with E-state index >= 15 is 0 Å². The minimum absolute atomic E-state index is 0.266. The van der Waals surface area contributed by atoms with Crippen LogP contribution in [0.5, 0.6) is 0 Å². The first kappa shape index (κ1) is 12.1. The van der Waals surface area contributed by atoms with Crippen molar-refractivity contribution in [2.45, 2.75) is 45.3 Å². The highest BCUT2D eigenvalue weighted by Crippen LogP contribution is 2.27. The number of hydrogen-bond donors (Lipinski definition) is 1. The van der Waals surface area contributed by atoms with Crippen LogP contribution in [0.15, 0.2) is 12.1 Å². The van der Waals surface area contributed by atoms with Gasteiger partial charge in [0.1, 0.15) is 6.10 Å². The molecule has 90 valence electrons. The third-order valence-electron chi connectivity index (χ3n) is 3.22. The monoisotopic (exact) mass is 239 g/mol. The van der Waals surface area contributed by atoms with Crippen molar-refractivity contribution >= 4 is 11.3 Å². The topological polar surface area (TPSA) is 21.3 Å². The molecule has 2 atom stereocenters. The van der Waals surface area contributed by atoms with Gasteiger partial charge in [-0.2, -0.15) is 0 Å². The van der Waals surface area contributed by atoms with Gasteiger partial charge in [0.2, 0.25) is 0 Å². The van der Waals surface area contributed by atoms with Crippen LogP contribution in [0.4, 0.5) is 0 Å². The molecule has 0 aliphatic carbocycles. The van der Waals surface area contributed by atoms with Gasteiger partial charge in [0, 0.05) is 28.9 Å². The Bertz CT molecular complexity index is 323. The Labute approximate surface area is 102 Å². The normalized spacial score (nSPS) is 26.6. The minimum Gasteiger partial charge on any atom is -0.371 e. The number of hydrogen-bond acceptors (Lipinski definition) is 3. The zero-order valence-corrected chi connectivity index (χ0v) is 11.0. The Kier molecular flexibility index (Phi) is 4.38. The standard InChI is InChI=1S/C13H21NOS/c1-3-10-7-8-15-12(9-14-10)13-6-5-11(4-2)16-13/h5-6,10,12,14H,3-4,7-9H2,1-2H3. The Morgan fingerprint density at radius 3 is 3.00 bits per heavy atom. The number of nitrogens with one attached hydrogen (secondary N) is 1. The molecule has 2 heterocycles. The number of rotatable bonds is 3. The van der Waals surface area contributed by atoms with Crippen molar-refractivity contribution in [2.24, 2.45) is 0 Å². The summed E-state index contributed by atoms with van der Waals surface area (Å²) in [5.41, 5.74) is 0. The number of thiophene rings is 1. The van der Waals surface area contributed by atoms with E-state index in [2.05, 4.69) is 31.3 Å². The predicted octanol–water partition coefficient (Wildman–Crippen LogP) is 3.14. The van der Waals surface area contributed by atoms with Crippen molar-refractivity contribution in [1.82, 2.24) is 5.32 Å². The van der Waals surface area contributed by atoms with Crippen molar-refractivity contribution in [3.8, 4) is 0 Å². The molecule has 0 radical (unpaired) electrons. The molecule has 1 aliphatic heterocycles. The van der Waals surface area contributed by atoms with Gasteiger partial charge < -0.3 is 10.1 Å². The fraction of sp³-hybridized carbons (Fsp3) is 0.692. The molecule has 0 aromatic carbocycles. The van der Waals surface area contributed by atoms with Crippen LogP contribution in [0.3, 0.4) is 0 Å². The van der Waals surface area contributed by atoms with Gasteiger partial charge >= 0.3 is 0 Å². The summed E-state index contributed by atoms with van der Waals surface area (Å²) in [5, 5.41) is 3.59. The van der Waals surface area contributed by atoms with Crippen LogP contribution in [-0.2, 0) is 11.2 Å². The second-order valence-corrected chi connectivity index (χ2v) is 5.52. The first-order chi connectivity index (χ1) is 7.83. The molecule has 1 saturated heterocycles. The molecular formula is C13H21NOS. The summed E-state index contributed by atoms with van der Waals surface area (Å²) in [6, 6.07) is 5.09. The van der Waals surface area contributed by atoms with E-state index in [4.69, 9.17) is 4.74 Å². The first-order valence-electron chi connectivity index (χ1n) is 6.27. The van der Waals surface area contributed by atoms with E-state index in [1.807, 2.05) is 11.3 Å². The second-order valence-electron chi connectivity index (χ2n) is 4.32. The Balaban J connectivity index is 1.99. The fourth-order valence-corrected chi connectivity index (χ4v) is 3.08. The van der Waals surface area contributed by atoms with Crippen molar-refractivity contribution in [2.75, 3.05) is 13.2 Å². The quantitative estimate of drug-likeness (QED) is 0.875. The maximum atomic E-state index is 5.93. The van der Waals surface area contributed by atoms with Gasteiger partial charge in [-0.3, -0.25) is 0 Å². The highest BCUT2D eigenvalue weighted by Gasteiger charge is 2.20. The highest BCUT2D eigenvalue weighted by atomic mass is 32.1. The Morgan fingerprint density at radius 1 is 1.44 bits per heavy atom. The van der Waals surface area contributed by atoms with E-state index in [1.54, 1.807) is 0 Å². The van der Waals surface area contributed by atoms with Gasteiger partial charge in [-0.25, -0.2) is 0 Å². The van der Waals surface area contributed by atoms with Crippen LogP contribution in [0.25, 0.3) is 0 Å². The molecule has 16 heavy (non-hydrogen) atoms. The molecule has 2 rings (SSSR count). The molecule has 1 N–H and O–H groups in total. The smallest absolute Gasteiger partial charge is 0.104 e. The van der Waals surface area contributed by atoms with Crippen molar-refractivity contribution in [3.05, 3.63) is 21.9 Å². The summed E-state index contributed by atoms with van der Waals surface area (Å²) in [6.07, 6.45) is 3.73. The maximum Gasteiger partial charge on any atom is 0.104 e. The van der Waals surface area contributed by atoms with Gasteiger partial charge in [-0.15, -0.1) is 11.3 Å². The molecule has 3 heteroatoms. The lowest BCUT2D eigenvalue weighted by Gasteiger charge is -2.14. The van der Waals surface area contributed by atoms with Gasteiger partial charge in [0.05, 0.1) is 0 Å². The van der Waals surface area contributed by atoms with Crippen LogP contribution in [0.1, 0.15) is 42.5 Å². The Hall–Kier alpha value is -0.380. The predicted molar refractivity (Wildman–Crippen MR) is 69.1 cm³/mol. The van der Waals surface area contributed by atoms with Crippen LogP contribution in [-0.4, -0.2) is 19.2 Å². The zero-order valence-electron chi connectivity index (χ0n) is 10.2. The summed E-state index contributed by atoms with van der Waals surface area (Å²) >= 11 is 1.89. The third-order valence-corrected chi connectivity index (χ3v) is 4.54. The maximum absolute atomic E-state index is 5.93. The lowest BCUT2D eigenvalue weighted by Crippen LogP contribution is -2.29. The van der Waals surface area contributed by atoms with Crippen LogP contribution in [0, 0.1) is 0 Å². The number of ether oxygens (including phenoxy) is 1. The molecule has 0 saturated carbocycles. The van der Waals surface area contributed by atoms with Crippen molar-refractivity contribution in [3.63, 3.8) is 0 Å². The lowest BCUT2D eigenvalue weighted by molar-refractivity contribution is 0.0688. The van der Waals surface area contributed by atoms with Gasteiger partial charge in [-0.1, -0.05) is 13.8 Å². The van der Waals surface area contributed by atoms with E-state index in [0.717, 1.165) is 26.0 Å². The average molecular weight is 239 g/mol. The SMILES string of the molecule is CCc1ccc(C2CNC(CC)CCO2)s1. The van der Waals surface area contributed by atoms with E-state index in [-0.39, 0.29) is 6.10 Å². The van der Waals surface area contributed by atoms with Gasteiger partial charge in [0.25, 0.3) is 0 Å². The van der Waals surface area contributed by atoms with Crippen LogP contribution >= 0.6 is 11.3 Å². The van der Waals surface area contributed by atoms with E-state index in [0.29, 0.717) is 6.04 Å². The second kappa shape index (κ2) is 5.80. The molecule has 0 bridgehead atoms. The average Bonchev–Trinajstić information content (AvgIpc) is 2.67. The molecule has 1 aliphatic rings. The largest absolute Gasteiger partial charge is 0.371 e. The molecule has 1 fully saturated rings. The molecule has 0 amide bonds. The summed E-state index contributed by atoms with van der Waals surface area (Å²) in [5.74, 6) is 0. The van der Waals surface area contributed by atoms with Crippen molar-refractivity contribution < 1.29 is 4.74 Å². The number of aryl methyl sites for hydroxylation is 1. The van der Waals surface area contributed by atoms with E-state index in [9.17, 15) is 0 Å². The molecule has 2 unspecified atom stereocenters. The molecule has 0 spiro atoms. The fourth-order valence-electron chi connectivity index (χ4n) is 2.08. The van der Waals surface area contributed by atoms with E-state index in [1.165, 1.54) is 16.2 Å². The highest BCUT2D eigenvalue weighted by molar-refractivity contribution is 7.12. The van der Waals surface area contributed by atoms with Crippen LogP contribution in [0.2, 0.25) is 0 Å². The lowest BCUT2D eigenvalue weighted by atomic mass is 10.1. The van der Waals surface area contributed by atoms with E-state index < -0.39 is 0 Å². The molecule has 2 nitrogen and oxygen atoms in total. The van der Waals surface area contributed by atoms with Crippen molar-refractivity contribution in [1.29, 1.82) is 0 Å². The molecular weight excluding hydrogens is 218 g/mol. The summed E-state index contributed by atoms with van der Waals surface area (Å²) in [6.45, 7) is 6.28. The van der Waals surface area contributed by atoms with Gasteiger partial charge in [0.15, 0.2) is 0 Å².